The van der Waals surface area contributed by atoms with Crippen LogP contribution in [-0.2, 0) is 17.6 Å². The van der Waals surface area contributed by atoms with Gasteiger partial charge in [0.25, 0.3) is 0 Å². The molecular formula is C27H29NO5. The van der Waals surface area contributed by atoms with Crippen LogP contribution in [0.15, 0.2) is 59.0 Å². The molecule has 3 aromatic carbocycles. The normalized spacial score (nSPS) is 12.0. The highest BCUT2D eigenvalue weighted by atomic mass is 16.5. The molecule has 1 atom stereocenters. The fraction of sp³-hybridized carbons (Fsp3) is 0.296. The second-order valence-electron chi connectivity index (χ2n) is 8.14. The van der Waals surface area contributed by atoms with E-state index < -0.39 is 0 Å². The summed E-state index contributed by atoms with van der Waals surface area (Å²) in [4.78, 5) is 12.6. The molecule has 1 heterocycles. The first-order valence-corrected chi connectivity index (χ1v) is 11.0. The molecule has 4 aromatic rings. The van der Waals surface area contributed by atoms with Gasteiger partial charge in [-0.1, -0.05) is 24.3 Å². The highest BCUT2D eigenvalue weighted by molar-refractivity contribution is 6.04. The smallest absolute Gasteiger partial charge is 0.220 e. The number of fused-ring (bicyclic) bond motifs is 3. The third kappa shape index (κ3) is 4.90. The van der Waals surface area contributed by atoms with Crippen LogP contribution in [0.4, 0.5) is 0 Å². The Labute approximate surface area is 193 Å². The van der Waals surface area contributed by atoms with Gasteiger partial charge in [-0.25, -0.2) is 0 Å². The Balaban J connectivity index is 1.38. The fourth-order valence-corrected chi connectivity index (χ4v) is 4.19. The van der Waals surface area contributed by atoms with E-state index in [0.29, 0.717) is 30.1 Å². The number of amides is 1. The molecule has 33 heavy (non-hydrogen) atoms. The maximum absolute atomic E-state index is 12.6. The van der Waals surface area contributed by atoms with E-state index in [9.17, 15) is 4.79 Å². The van der Waals surface area contributed by atoms with Gasteiger partial charge in [0.05, 0.1) is 21.3 Å². The van der Waals surface area contributed by atoms with Gasteiger partial charge in [0.1, 0.15) is 11.2 Å². The van der Waals surface area contributed by atoms with Crippen molar-refractivity contribution in [3.8, 4) is 17.2 Å². The average molecular weight is 448 g/mol. The topological polar surface area (TPSA) is 69.9 Å². The van der Waals surface area contributed by atoms with Gasteiger partial charge in [-0.15, -0.1) is 0 Å². The predicted molar refractivity (Wildman–Crippen MR) is 129 cm³/mol. The number of hydrogen-bond donors (Lipinski definition) is 1. The third-order valence-corrected chi connectivity index (χ3v) is 5.76. The molecule has 0 spiro atoms. The Kier molecular flexibility index (Phi) is 6.73. The van der Waals surface area contributed by atoms with Crippen molar-refractivity contribution in [1.82, 2.24) is 5.32 Å². The van der Waals surface area contributed by atoms with Crippen molar-refractivity contribution >= 4 is 27.8 Å². The predicted octanol–water partition coefficient (Wildman–Crippen LogP) is 5.29. The van der Waals surface area contributed by atoms with Crippen molar-refractivity contribution in [2.24, 2.45) is 0 Å². The van der Waals surface area contributed by atoms with Crippen molar-refractivity contribution in [1.29, 1.82) is 0 Å². The van der Waals surface area contributed by atoms with E-state index in [2.05, 4.69) is 23.5 Å². The van der Waals surface area contributed by atoms with Gasteiger partial charge in [-0.3, -0.25) is 4.79 Å². The lowest BCUT2D eigenvalue weighted by atomic mass is 10.0. The highest BCUT2D eigenvalue weighted by Gasteiger charge is 2.15. The minimum absolute atomic E-state index is 0.00564. The number of ether oxygens (including phenoxy) is 3. The molecule has 0 saturated carbocycles. The molecule has 1 N–H and O–H groups in total. The van der Waals surface area contributed by atoms with Gasteiger partial charge < -0.3 is 23.9 Å². The first kappa shape index (κ1) is 22.5. The number of para-hydroxylation sites is 1. The summed E-state index contributed by atoms with van der Waals surface area (Å²) in [5.74, 6) is 1.72. The van der Waals surface area contributed by atoms with E-state index in [-0.39, 0.29) is 11.9 Å². The largest absolute Gasteiger partial charge is 0.493 e. The summed E-state index contributed by atoms with van der Waals surface area (Å²) in [5.41, 5.74) is 3.87. The Morgan fingerprint density at radius 1 is 0.879 bits per heavy atom. The van der Waals surface area contributed by atoms with E-state index in [4.69, 9.17) is 18.6 Å². The molecule has 0 aliphatic carbocycles. The molecule has 172 valence electrons. The summed E-state index contributed by atoms with van der Waals surface area (Å²) in [6.07, 6.45) is 1.68. The second-order valence-corrected chi connectivity index (χ2v) is 8.14. The van der Waals surface area contributed by atoms with Crippen molar-refractivity contribution < 1.29 is 23.4 Å². The molecule has 0 fully saturated rings. The highest BCUT2D eigenvalue weighted by Crippen LogP contribution is 2.38. The Morgan fingerprint density at radius 3 is 2.27 bits per heavy atom. The molecule has 6 nitrogen and oxygen atoms in total. The quantitative estimate of drug-likeness (QED) is 0.377. The maximum atomic E-state index is 12.6. The first-order chi connectivity index (χ1) is 16.0. The third-order valence-electron chi connectivity index (χ3n) is 5.76. The number of benzene rings is 3. The van der Waals surface area contributed by atoms with Crippen LogP contribution in [0.3, 0.4) is 0 Å². The van der Waals surface area contributed by atoms with Crippen LogP contribution in [0.5, 0.6) is 17.2 Å². The van der Waals surface area contributed by atoms with Crippen LogP contribution in [0.2, 0.25) is 0 Å². The van der Waals surface area contributed by atoms with E-state index >= 15 is 0 Å². The second kappa shape index (κ2) is 9.86. The van der Waals surface area contributed by atoms with E-state index in [0.717, 1.165) is 39.5 Å². The van der Waals surface area contributed by atoms with Crippen LogP contribution < -0.4 is 19.5 Å². The Bertz CT molecular complexity index is 1250. The SMILES string of the molecule is COc1cc(CCC(=O)N[C@H](C)Cc2ccc3oc4ccccc4c3c2)cc(OC)c1OC. The van der Waals surface area contributed by atoms with Gasteiger partial charge in [0.2, 0.25) is 11.7 Å². The number of carbonyl (C=O) groups is 1. The van der Waals surface area contributed by atoms with Crippen molar-refractivity contribution in [3.05, 3.63) is 65.7 Å². The van der Waals surface area contributed by atoms with Gasteiger partial charge in [0.15, 0.2) is 11.5 Å². The molecule has 0 radical (unpaired) electrons. The standard InChI is InChI=1S/C27H29NO5/c1-17(13-18-9-11-23-21(14-18)20-7-5-6-8-22(20)33-23)28-26(29)12-10-19-15-24(30-2)27(32-4)25(16-19)31-3/h5-9,11,14-17H,10,12-13H2,1-4H3,(H,28,29)/t17-/m1/s1. The van der Waals surface area contributed by atoms with E-state index in [1.54, 1.807) is 21.3 Å². The number of hydrogen-bond acceptors (Lipinski definition) is 5. The lowest BCUT2D eigenvalue weighted by Crippen LogP contribution is -2.34. The molecular weight excluding hydrogens is 418 g/mol. The number of methoxy groups -OCH3 is 3. The molecule has 0 saturated heterocycles. The maximum Gasteiger partial charge on any atom is 0.220 e. The number of nitrogens with one attached hydrogen (secondary N) is 1. The zero-order chi connectivity index (χ0) is 23.4. The summed E-state index contributed by atoms with van der Waals surface area (Å²) in [6.45, 7) is 2.02. The summed E-state index contributed by atoms with van der Waals surface area (Å²) in [5, 5.41) is 5.32. The van der Waals surface area contributed by atoms with Crippen LogP contribution in [0.25, 0.3) is 21.9 Å². The molecule has 0 unspecified atom stereocenters. The molecule has 1 amide bonds. The van der Waals surface area contributed by atoms with E-state index in [1.165, 1.54) is 0 Å². The molecule has 6 heteroatoms. The minimum Gasteiger partial charge on any atom is -0.493 e. The van der Waals surface area contributed by atoms with Gasteiger partial charge in [0, 0.05) is 23.2 Å². The van der Waals surface area contributed by atoms with Crippen molar-refractivity contribution in [2.75, 3.05) is 21.3 Å². The van der Waals surface area contributed by atoms with Crippen LogP contribution in [0.1, 0.15) is 24.5 Å². The number of carbonyl (C=O) groups excluding carboxylic acids is 1. The fourth-order valence-electron chi connectivity index (χ4n) is 4.19. The van der Waals surface area contributed by atoms with Crippen molar-refractivity contribution in [2.45, 2.75) is 32.2 Å². The van der Waals surface area contributed by atoms with Gasteiger partial charge >= 0.3 is 0 Å². The van der Waals surface area contributed by atoms with Crippen LogP contribution in [0, 0.1) is 0 Å². The summed E-state index contributed by atoms with van der Waals surface area (Å²) in [7, 11) is 4.74. The summed E-state index contributed by atoms with van der Waals surface area (Å²) in [6, 6.07) is 18.0. The van der Waals surface area contributed by atoms with Crippen LogP contribution >= 0.6 is 0 Å². The minimum atomic E-state index is 0.00564. The first-order valence-electron chi connectivity index (χ1n) is 11.0. The zero-order valence-corrected chi connectivity index (χ0v) is 19.4. The number of furan rings is 1. The van der Waals surface area contributed by atoms with Gasteiger partial charge in [-0.05, 0) is 61.2 Å². The lowest BCUT2D eigenvalue weighted by Gasteiger charge is -2.16. The Hall–Kier alpha value is -3.67. The summed E-state index contributed by atoms with van der Waals surface area (Å²) < 4.78 is 22.1. The number of aryl methyl sites for hydroxylation is 1. The van der Waals surface area contributed by atoms with Crippen LogP contribution in [-0.4, -0.2) is 33.3 Å². The molecule has 0 aliphatic heterocycles. The lowest BCUT2D eigenvalue weighted by molar-refractivity contribution is -0.121. The van der Waals surface area contributed by atoms with Crippen molar-refractivity contribution in [3.63, 3.8) is 0 Å². The number of rotatable bonds is 9. The average Bonchev–Trinajstić information content (AvgIpc) is 3.19. The molecule has 0 bridgehead atoms. The molecule has 1 aromatic heterocycles. The van der Waals surface area contributed by atoms with Gasteiger partial charge in [-0.2, -0.15) is 0 Å². The zero-order valence-electron chi connectivity index (χ0n) is 19.4. The van der Waals surface area contributed by atoms with E-state index in [1.807, 2.05) is 43.3 Å². The molecule has 0 aliphatic rings. The Morgan fingerprint density at radius 2 is 1.58 bits per heavy atom. The summed E-state index contributed by atoms with van der Waals surface area (Å²) >= 11 is 0. The molecule has 4 rings (SSSR count). The monoisotopic (exact) mass is 447 g/mol.